The van der Waals surface area contributed by atoms with Gasteiger partial charge in [0.15, 0.2) is 0 Å². The second kappa shape index (κ2) is 7.62. The molecule has 0 radical (unpaired) electrons. The largest absolute Gasteiger partial charge is 0.390 e. The summed E-state index contributed by atoms with van der Waals surface area (Å²) in [4.78, 5) is 0. The first-order chi connectivity index (χ1) is 13.9. The molecule has 0 aliphatic heterocycles. The van der Waals surface area contributed by atoms with Crippen LogP contribution in [0.15, 0.2) is 11.6 Å². The van der Waals surface area contributed by atoms with Crippen molar-refractivity contribution < 1.29 is 10.2 Å². The van der Waals surface area contributed by atoms with Crippen molar-refractivity contribution in [2.24, 2.45) is 40.4 Å². The van der Waals surface area contributed by atoms with E-state index in [1.165, 1.54) is 38.5 Å². The van der Waals surface area contributed by atoms with E-state index in [0.717, 1.165) is 55.8 Å². The van der Waals surface area contributed by atoms with Gasteiger partial charge in [0.2, 0.25) is 0 Å². The highest BCUT2D eigenvalue weighted by Gasteiger charge is 2.59. The van der Waals surface area contributed by atoms with Gasteiger partial charge in [-0.3, -0.25) is 0 Å². The fourth-order valence-electron chi connectivity index (χ4n) is 8.77. The van der Waals surface area contributed by atoms with Crippen molar-refractivity contribution in [3.63, 3.8) is 0 Å². The lowest BCUT2D eigenvalue weighted by atomic mass is 9.46. The number of aliphatic hydroxyl groups is 2. The highest BCUT2D eigenvalue weighted by atomic mass is 16.3. The van der Waals surface area contributed by atoms with Gasteiger partial charge in [-0.25, -0.2) is 0 Å². The summed E-state index contributed by atoms with van der Waals surface area (Å²) in [5.41, 5.74) is 1.42. The zero-order chi connectivity index (χ0) is 21.9. The van der Waals surface area contributed by atoms with E-state index in [2.05, 4.69) is 33.8 Å². The van der Waals surface area contributed by atoms with Gasteiger partial charge in [-0.2, -0.15) is 0 Å². The molecule has 3 fully saturated rings. The summed E-state index contributed by atoms with van der Waals surface area (Å²) >= 11 is 0. The third kappa shape index (κ3) is 3.72. The van der Waals surface area contributed by atoms with Gasteiger partial charge in [-0.15, -0.1) is 0 Å². The van der Waals surface area contributed by atoms with Gasteiger partial charge >= 0.3 is 0 Å². The van der Waals surface area contributed by atoms with Gasteiger partial charge in [0, 0.05) is 0 Å². The molecule has 2 N–H and O–H groups in total. The lowest BCUT2D eigenvalue weighted by Gasteiger charge is -2.59. The second-order valence-corrected chi connectivity index (χ2v) is 13.1. The lowest BCUT2D eigenvalue weighted by Crippen LogP contribution is -2.52. The molecule has 8 atom stereocenters. The molecule has 0 spiro atoms. The molecule has 0 heterocycles. The Bertz CT molecular complexity index is 675. The van der Waals surface area contributed by atoms with Crippen LogP contribution in [0.5, 0.6) is 0 Å². The zero-order valence-electron chi connectivity index (χ0n) is 20.6. The van der Waals surface area contributed by atoms with Crippen molar-refractivity contribution in [1.82, 2.24) is 0 Å². The first-order valence-corrected chi connectivity index (χ1v) is 13.1. The summed E-state index contributed by atoms with van der Waals surface area (Å²) in [6.45, 7) is 13.7. The van der Waals surface area contributed by atoms with Crippen molar-refractivity contribution in [2.75, 3.05) is 0 Å². The van der Waals surface area contributed by atoms with Gasteiger partial charge in [0.05, 0.1) is 11.2 Å². The number of hydrogen-bond acceptors (Lipinski definition) is 2. The van der Waals surface area contributed by atoms with E-state index >= 15 is 0 Å². The Morgan fingerprint density at radius 3 is 2.50 bits per heavy atom. The van der Waals surface area contributed by atoms with Crippen molar-refractivity contribution in [3.05, 3.63) is 11.6 Å². The fourth-order valence-corrected chi connectivity index (χ4v) is 8.77. The van der Waals surface area contributed by atoms with Crippen molar-refractivity contribution in [2.45, 2.75) is 123 Å². The summed E-state index contributed by atoms with van der Waals surface area (Å²) < 4.78 is 0. The molecule has 172 valence electrons. The highest BCUT2D eigenvalue weighted by Crippen LogP contribution is 2.67. The summed E-state index contributed by atoms with van der Waals surface area (Å²) in [6, 6.07) is 0. The molecule has 2 nitrogen and oxygen atoms in total. The van der Waals surface area contributed by atoms with Gasteiger partial charge < -0.3 is 10.2 Å². The number of hydrogen-bond donors (Lipinski definition) is 2. The molecule has 2 heteroatoms. The number of fused-ring (bicyclic) bond motifs is 5. The molecule has 3 unspecified atom stereocenters. The van der Waals surface area contributed by atoms with Crippen molar-refractivity contribution in [1.29, 1.82) is 0 Å². The third-order valence-corrected chi connectivity index (χ3v) is 10.9. The van der Waals surface area contributed by atoms with Crippen LogP contribution in [0, 0.1) is 40.4 Å². The fraction of sp³-hybridized carbons (Fsp3) is 0.929. The Kier molecular flexibility index (Phi) is 5.80. The molecule has 0 saturated heterocycles. The number of allylic oxidation sites excluding steroid dienone is 1. The van der Waals surface area contributed by atoms with Crippen LogP contribution < -0.4 is 0 Å². The van der Waals surface area contributed by atoms with Crippen LogP contribution in [-0.4, -0.2) is 21.4 Å². The van der Waals surface area contributed by atoms with E-state index in [4.69, 9.17) is 0 Å². The van der Waals surface area contributed by atoms with Crippen LogP contribution in [0.2, 0.25) is 0 Å². The van der Waals surface area contributed by atoms with Gasteiger partial charge in [-0.05, 0) is 125 Å². The van der Waals surface area contributed by atoms with Gasteiger partial charge in [0.1, 0.15) is 0 Å². The Morgan fingerprint density at radius 2 is 1.83 bits per heavy atom. The Morgan fingerprint density at radius 1 is 1.10 bits per heavy atom. The molecule has 3 saturated carbocycles. The third-order valence-electron chi connectivity index (χ3n) is 10.9. The summed E-state index contributed by atoms with van der Waals surface area (Å²) in [7, 11) is 0. The molecule has 4 aliphatic carbocycles. The monoisotopic (exact) mass is 416 g/mol. The van der Waals surface area contributed by atoms with E-state index in [1.54, 1.807) is 5.57 Å². The van der Waals surface area contributed by atoms with Crippen LogP contribution in [0.4, 0.5) is 0 Å². The average molecular weight is 417 g/mol. The molecular weight excluding hydrogens is 368 g/mol. The Balaban J connectivity index is 1.52. The van der Waals surface area contributed by atoms with Crippen molar-refractivity contribution >= 4 is 0 Å². The Hall–Kier alpha value is -0.340. The van der Waals surface area contributed by atoms with E-state index in [9.17, 15) is 10.2 Å². The van der Waals surface area contributed by atoms with E-state index < -0.39 is 11.2 Å². The molecule has 4 aliphatic rings. The first-order valence-electron chi connectivity index (χ1n) is 13.1. The minimum atomic E-state index is -0.536. The average Bonchev–Trinajstić information content (AvgIpc) is 3.03. The molecular formula is C28H48O2. The minimum absolute atomic E-state index is 0.330. The maximum absolute atomic E-state index is 11.0. The van der Waals surface area contributed by atoms with Gasteiger partial charge in [-0.1, -0.05) is 39.3 Å². The Labute approximate surface area is 185 Å². The van der Waals surface area contributed by atoms with Crippen LogP contribution in [0.1, 0.15) is 112 Å². The molecule has 4 rings (SSSR count). The lowest BCUT2D eigenvalue weighted by molar-refractivity contribution is -0.0761. The van der Waals surface area contributed by atoms with E-state index in [1.807, 2.05) is 13.8 Å². The quantitative estimate of drug-likeness (QED) is 0.479. The summed E-state index contributed by atoms with van der Waals surface area (Å²) in [5.74, 6) is 4.06. The van der Waals surface area contributed by atoms with Crippen LogP contribution >= 0.6 is 0 Å². The summed E-state index contributed by atoms with van der Waals surface area (Å²) in [5, 5.41) is 21.2. The molecule has 30 heavy (non-hydrogen) atoms. The maximum atomic E-state index is 11.0. The maximum Gasteiger partial charge on any atom is 0.0682 e. The standard InChI is InChI=1S/C28H48O2/c1-7-28(30)17-16-26(5)20(18-28)8-9-21-23-11-10-22(19(2)12-14-25(3,4)29)27(23,6)15-13-24(21)26/h8,19,21-24,29-30H,7,9-18H2,1-6H3/t19-,21?,22-,23?,24?,26+,27-,28-/m1/s1. The topological polar surface area (TPSA) is 40.5 Å². The highest BCUT2D eigenvalue weighted by molar-refractivity contribution is 5.27. The summed E-state index contributed by atoms with van der Waals surface area (Å²) in [6.07, 6.45) is 15.4. The SMILES string of the molecule is CC[C@@]1(O)CC[C@@]2(C)C(=CCC3C2CC[C@@]2(C)C3CC[C@@H]2[C@H](C)CCC(C)(C)O)C1. The molecule has 0 bridgehead atoms. The van der Waals surface area contributed by atoms with Crippen LogP contribution in [-0.2, 0) is 0 Å². The minimum Gasteiger partial charge on any atom is -0.390 e. The molecule has 0 aromatic rings. The molecule has 0 amide bonds. The van der Waals surface area contributed by atoms with Crippen molar-refractivity contribution in [3.8, 4) is 0 Å². The van der Waals surface area contributed by atoms with Crippen LogP contribution in [0.25, 0.3) is 0 Å². The van der Waals surface area contributed by atoms with E-state index in [-0.39, 0.29) is 0 Å². The first kappa shape index (κ1) is 22.8. The van der Waals surface area contributed by atoms with Crippen LogP contribution in [0.3, 0.4) is 0 Å². The number of rotatable bonds is 5. The molecule has 0 aromatic heterocycles. The predicted octanol–water partition coefficient (Wildman–Crippen LogP) is 6.89. The second-order valence-electron chi connectivity index (χ2n) is 13.1. The molecule has 0 aromatic carbocycles. The normalized spacial score (nSPS) is 47.1. The van der Waals surface area contributed by atoms with E-state index in [0.29, 0.717) is 16.7 Å². The predicted molar refractivity (Wildman–Crippen MR) is 125 cm³/mol. The zero-order valence-corrected chi connectivity index (χ0v) is 20.6. The van der Waals surface area contributed by atoms with Gasteiger partial charge in [0.25, 0.3) is 0 Å². The smallest absolute Gasteiger partial charge is 0.0682 e.